The van der Waals surface area contributed by atoms with Gasteiger partial charge in [0, 0.05) is 30.0 Å². The third-order valence-corrected chi connectivity index (χ3v) is 6.08. The van der Waals surface area contributed by atoms with Crippen molar-refractivity contribution in [3.8, 4) is 0 Å². The zero-order valence-electron chi connectivity index (χ0n) is 15.1. The minimum Gasteiger partial charge on any atom is -0.478 e. The van der Waals surface area contributed by atoms with E-state index in [9.17, 15) is 24.3 Å². The number of fused-ring (bicyclic) bond motifs is 2. The van der Waals surface area contributed by atoms with Gasteiger partial charge in [-0.1, -0.05) is 18.2 Å². The highest BCUT2D eigenvalue weighted by molar-refractivity contribution is 7.17. The van der Waals surface area contributed by atoms with Crippen LogP contribution in [0.3, 0.4) is 0 Å². The molecule has 1 atom stereocenters. The van der Waals surface area contributed by atoms with Crippen molar-refractivity contribution in [1.29, 1.82) is 0 Å². The number of hydrogen-bond acceptors (Lipinski definition) is 6. The molecule has 0 bridgehead atoms. The number of carboxylic acids is 1. The van der Waals surface area contributed by atoms with Gasteiger partial charge < -0.3 is 25.8 Å². The van der Waals surface area contributed by atoms with E-state index in [-0.39, 0.29) is 35.6 Å². The van der Waals surface area contributed by atoms with E-state index in [1.54, 1.807) is 11.0 Å². The number of nitrogens with two attached hydrogens (primary N) is 1. The van der Waals surface area contributed by atoms with E-state index in [0.29, 0.717) is 29.1 Å². The van der Waals surface area contributed by atoms with Gasteiger partial charge in [-0.2, -0.15) is 0 Å². The number of thiophene rings is 1. The number of carbonyl (C=O) groups excluding carboxylic acids is 3. The maximum atomic E-state index is 12.6. The van der Waals surface area contributed by atoms with Gasteiger partial charge in [0.2, 0.25) is 0 Å². The van der Waals surface area contributed by atoms with Gasteiger partial charge in [-0.3, -0.25) is 14.4 Å². The van der Waals surface area contributed by atoms with Gasteiger partial charge >= 0.3 is 17.8 Å². The number of primary amides is 1. The lowest BCUT2D eigenvalue weighted by Crippen LogP contribution is -2.37. The molecular weight excluding hydrogens is 398 g/mol. The monoisotopic (exact) mass is 415 g/mol. The summed E-state index contributed by atoms with van der Waals surface area (Å²) in [5.74, 6) is -3.57. The molecule has 1 unspecified atom stereocenters. The Morgan fingerprint density at radius 1 is 1.31 bits per heavy atom. The molecule has 0 radical (unpaired) electrons. The maximum Gasteiger partial charge on any atom is 0.339 e. The number of ether oxygens (including phenoxy) is 1. The molecule has 1 aromatic heterocycles. The van der Waals surface area contributed by atoms with Gasteiger partial charge in [0.1, 0.15) is 5.00 Å². The number of carboxylic acid groups (broad SMARTS) is 1. The third kappa shape index (κ3) is 3.47. The standard InChI is InChI=1S/C19H17N3O6S/c20-15(23)16(24)21-17-14(19(26)27)12-5-10(28-8-13(12)29-17)7-22-6-9-3-1-2-4-11(9)18(22)25/h1-4,10H,5-8H2,(H2,20,23)(H,21,24)(H,26,27). The van der Waals surface area contributed by atoms with Crippen molar-refractivity contribution in [3.63, 3.8) is 0 Å². The number of aromatic carboxylic acids is 1. The Bertz CT molecular complexity index is 1050. The lowest BCUT2D eigenvalue weighted by atomic mass is 10.0. The molecule has 1 aromatic carbocycles. The summed E-state index contributed by atoms with van der Waals surface area (Å²) in [6.07, 6.45) is -0.104. The molecule has 2 aliphatic rings. The first-order chi connectivity index (χ1) is 13.8. The van der Waals surface area contributed by atoms with E-state index in [2.05, 4.69) is 5.32 Å². The summed E-state index contributed by atoms with van der Waals surface area (Å²) in [4.78, 5) is 49.3. The summed E-state index contributed by atoms with van der Waals surface area (Å²) < 4.78 is 5.83. The fraction of sp³-hybridized carbons (Fsp3) is 0.263. The summed E-state index contributed by atoms with van der Waals surface area (Å²) in [6, 6.07) is 7.39. The number of hydrogen-bond donors (Lipinski definition) is 3. The summed E-state index contributed by atoms with van der Waals surface area (Å²) in [5.41, 5.74) is 7.04. The lowest BCUT2D eigenvalue weighted by molar-refractivity contribution is -0.134. The number of benzene rings is 1. The van der Waals surface area contributed by atoms with Gasteiger partial charge in [0.15, 0.2) is 0 Å². The number of amides is 3. The van der Waals surface area contributed by atoms with Crippen molar-refractivity contribution >= 4 is 40.0 Å². The van der Waals surface area contributed by atoms with Gasteiger partial charge in [-0.15, -0.1) is 11.3 Å². The van der Waals surface area contributed by atoms with Crippen molar-refractivity contribution in [3.05, 3.63) is 51.4 Å². The molecule has 0 saturated heterocycles. The predicted molar refractivity (Wildman–Crippen MR) is 103 cm³/mol. The van der Waals surface area contributed by atoms with Crippen LogP contribution in [0.4, 0.5) is 5.00 Å². The summed E-state index contributed by atoms with van der Waals surface area (Å²) in [5, 5.41) is 11.9. The van der Waals surface area contributed by atoms with Crippen LogP contribution in [-0.2, 0) is 33.9 Å². The van der Waals surface area contributed by atoms with E-state index in [1.165, 1.54) is 0 Å². The first kappa shape index (κ1) is 19.1. The third-order valence-electron chi connectivity index (χ3n) is 4.96. The van der Waals surface area contributed by atoms with Gasteiger partial charge in [-0.05, 0) is 17.2 Å². The van der Waals surface area contributed by atoms with Crippen LogP contribution in [0.25, 0.3) is 0 Å². The molecule has 150 valence electrons. The molecule has 0 saturated carbocycles. The second kappa shape index (κ2) is 7.30. The van der Waals surface area contributed by atoms with E-state index in [0.717, 1.165) is 16.9 Å². The first-order valence-electron chi connectivity index (χ1n) is 8.82. The van der Waals surface area contributed by atoms with Crippen molar-refractivity contribution in [1.82, 2.24) is 4.90 Å². The highest BCUT2D eigenvalue weighted by Gasteiger charge is 2.34. The summed E-state index contributed by atoms with van der Waals surface area (Å²) in [6.45, 7) is 0.967. The molecule has 0 spiro atoms. The normalized spacial score (nSPS) is 17.6. The SMILES string of the molecule is NC(=O)C(=O)Nc1sc2c(c1C(=O)O)CC(CN1Cc3ccccc3C1=O)OC2. The topological polar surface area (TPSA) is 139 Å². The number of rotatable bonds is 4. The summed E-state index contributed by atoms with van der Waals surface area (Å²) in [7, 11) is 0. The summed E-state index contributed by atoms with van der Waals surface area (Å²) >= 11 is 1.05. The zero-order chi connectivity index (χ0) is 20.7. The fourth-order valence-corrected chi connectivity index (χ4v) is 4.77. The predicted octanol–water partition coefficient (Wildman–Crippen LogP) is 0.967. The minimum atomic E-state index is -1.22. The number of nitrogens with zero attached hydrogens (tertiary/aromatic N) is 1. The molecule has 0 fully saturated rings. The van der Waals surface area contributed by atoms with Crippen LogP contribution < -0.4 is 11.1 Å². The van der Waals surface area contributed by atoms with Crippen LogP contribution in [0.2, 0.25) is 0 Å². The second-order valence-corrected chi connectivity index (χ2v) is 7.92. The Hall–Kier alpha value is -3.24. The Labute approximate surface area is 169 Å². The van der Waals surface area contributed by atoms with Crippen molar-refractivity contribution in [2.24, 2.45) is 5.73 Å². The van der Waals surface area contributed by atoms with Crippen LogP contribution in [-0.4, -0.2) is 46.3 Å². The van der Waals surface area contributed by atoms with Gasteiger partial charge in [0.25, 0.3) is 5.91 Å². The first-order valence-corrected chi connectivity index (χ1v) is 9.64. The molecule has 2 aliphatic heterocycles. The van der Waals surface area contributed by atoms with E-state index in [1.807, 2.05) is 18.2 Å². The molecular formula is C19H17N3O6S. The Morgan fingerprint density at radius 3 is 2.76 bits per heavy atom. The molecule has 2 aromatic rings. The zero-order valence-corrected chi connectivity index (χ0v) is 16.0. The van der Waals surface area contributed by atoms with E-state index < -0.39 is 17.8 Å². The maximum absolute atomic E-state index is 12.6. The van der Waals surface area contributed by atoms with Crippen LogP contribution in [0.15, 0.2) is 24.3 Å². The van der Waals surface area contributed by atoms with Crippen LogP contribution in [0.5, 0.6) is 0 Å². The van der Waals surface area contributed by atoms with Crippen molar-refractivity contribution in [2.75, 3.05) is 11.9 Å². The highest BCUT2D eigenvalue weighted by Crippen LogP contribution is 2.38. The van der Waals surface area contributed by atoms with Gasteiger partial charge in [0.05, 0.1) is 18.3 Å². The molecule has 9 nitrogen and oxygen atoms in total. The number of nitrogens with one attached hydrogen (secondary N) is 1. The Morgan fingerprint density at radius 2 is 2.07 bits per heavy atom. The number of carbonyl (C=O) groups is 4. The van der Waals surface area contributed by atoms with Crippen LogP contribution >= 0.6 is 11.3 Å². The van der Waals surface area contributed by atoms with E-state index >= 15 is 0 Å². The van der Waals surface area contributed by atoms with Crippen LogP contribution in [0, 0.1) is 0 Å². The minimum absolute atomic E-state index is 0.0557. The molecule has 3 amide bonds. The molecule has 0 aliphatic carbocycles. The van der Waals surface area contributed by atoms with Crippen molar-refractivity contribution in [2.45, 2.75) is 25.7 Å². The second-order valence-electron chi connectivity index (χ2n) is 6.81. The fourth-order valence-electron chi connectivity index (χ4n) is 3.63. The average Bonchev–Trinajstić information content (AvgIpc) is 3.19. The highest BCUT2D eigenvalue weighted by atomic mass is 32.1. The van der Waals surface area contributed by atoms with E-state index in [4.69, 9.17) is 10.5 Å². The van der Waals surface area contributed by atoms with Crippen molar-refractivity contribution < 1.29 is 29.0 Å². The Balaban J connectivity index is 1.53. The molecule has 4 N–H and O–H groups in total. The molecule has 10 heteroatoms. The van der Waals surface area contributed by atoms with Crippen LogP contribution in [0.1, 0.15) is 36.7 Å². The molecule has 29 heavy (non-hydrogen) atoms. The quantitative estimate of drug-likeness (QED) is 0.636. The largest absolute Gasteiger partial charge is 0.478 e. The lowest BCUT2D eigenvalue weighted by Gasteiger charge is -2.27. The Kier molecular flexibility index (Phi) is 4.81. The van der Waals surface area contributed by atoms with Gasteiger partial charge in [-0.25, -0.2) is 4.79 Å². The molecule has 4 rings (SSSR count). The average molecular weight is 415 g/mol. The molecule has 3 heterocycles. The smallest absolute Gasteiger partial charge is 0.339 e. The number of anilines is 1.